The second-order valence-electron chi connectivity index (χ2n) is 5.83. The lowest BCUT2D eigenvalue weighted by atomic mass is 9.89. The SMILES string of the molecule is C=C(C)CCCCCC(F)(CC)CCCCCC. The average Bonchev–Trinajstić information content (AvgIpc) is 2.34. The molecule has 0 radical (unpaired) electrons. The zero-order chi connectivity index (χ0) is 13.9. The topological polar surface area (TPSA) is 0 Å². The summed E-state index contributed by atoms with van der Waals surface area (Å²) in [6.45, 7) is 10.2. The van der Waals surface area contributed by atoms with Crippen molar-refractivity contribution >= 4 is 0 Å². The summed E-state index contributed by atoms with van der Waals surface area (Å²) < 4.78 is 14.5. The van der Waals surface area contributed by atoms with Gasteiger partial charge in [-0.2, -0.15) is 0 Å². The Bertz CT molecular complexity index is 210. The molecule has 0 nitrogen and oxygen atoms in total. The summed E-state index contributed by atoms with van der Waals surface area (Å²) in [4.78, 5) is 0. The Morgan fingerprint density at radius 1 is 0.944 bits per heavy atom. The van der Waals surface area contributed by atoms with Gasteiger partial charge in [-0.1, -0.05) is 57.9 Å². The molecule has 0 heterocycles. The van der Waals surface area contributed by atoms with E-state index in [0.717, 1.165) is 38.5 Å². The number of hydrogen-bond acceptors (Lipinski definition) is 0. The van der Waals surface area contributed by atoms with Crippen LogP contribution >= 0.6 is 0 Å². The van der Waals surface area contributed by atoms with Crippen molar-refractivity contribution in [3.63, 3.8) is 0 Å². The van der Waals surface area contributed by atoms with Crippen LogP contribution < -0.4 is 0 Å². The van der Waals surface area contributed by atoms with Crippen molar-refractivity contribution in [3.05, 3.63) is 12.2 Å². The summed E-state index contributed by atoms with van der Waals surface area (Å²) in [7, 11) is 0. The third-order valence-corrected chi connectivity index (χ3v) is 3.84. The molecule has 1 heteroatoms. The van der Waals surface area contributed by atoms with Gasteiger partial charge in [-0.3, -0.25) is 0 Å². The van der Waals surface area contributed by atoms with Gasteiger partial charge in [0.05, 0.1) is 0 Å². The van der Waals surface area contributed by atoms with Crippen LogP contribution in [-0.2, 0) is 0 Å². The van der Waals surface area contributed by atoms with E-state index in [2.05, 4.69) is 20.4 Å². The van der Waals surface area contributed by atoms with Gasteiger partial charge < -0.3 is 0 Å². The van der Waals surface area contributed by atoms with E-state index < -0.39 is 5.67 Å². The van der Waals surface area contributed by atoms with Crippen LogP contribution in [0, 0.1) is 0 Å². The van der Waals surface area contributed by atoms with E-state index in [1.165, 1.54) is 31.3 Å². The van der Waals surface area contributed by atoms with Crippen LogP contribution in [0.5, 0.6) is 0 Å². The van der Waals surface area contributed by atoms with E-state index in [0.29, 0.717) is 6.42 Å². The predicted octanol–water partition coefficient (Wildman–Crippen LogP) is 6.60. The van der Waals surface area contributed by atoms with Gasteiger partial charge in [-0.25, -0.2) is 4.39 Å². The van der Waals surface area contributed by atoms with E-state index in [-0.39, 0.29) is 0 Å². The normalized spacial score (nSPS) is 14.4. The minimum absolute atomic E-state index is 0.680. The van der Waals surface area contributed by atoms with E-state index in [9.17, 15) is 4.39 Å². The fourth-order valence-electron chi connectivity index (χ4n) is 2.39. The smallest absolute Gasteiger partial charge is 0.110 e. The molecule has 0 rings (SSSR count). The Labute approximate surface area is 114 Å². The average molecular weight is 256 g/mol. The maximum absolute atomic E-state index is 14.5. The summed E-state index contributed by atoms with van der Waals surface area (Å²) in [6, 6.07) is 0. The summed E-state index contributed by atoms with van der Waals surface area (Å²) >= 11 is 0. The summed E-state index contributed by atoms with van der Waals surface area (Å²) in [5.74, 6) is 0. The zero-order valence-corrected chi connectivity index (χ0v) is 12.9. The van der Waals surface area contributed by atoms with Crippen molar-refractivity contribution in [2.45, 2.75) is 97.1 Å². The molecule has 0 spiro atoms. The first kappa shape index (κ1) is 17.7. The Kier molecular flexibility index (Phi) is 10.4. The Hall–Kier alpha value is -0.330. The third kappa shape index (κ3) is 9.67. The maximum atomic E-state index is 14.5. The molecule has 0 aromatic rings. The molecule has 0 aromatic carbocycles. The molecule has 0 aliphatic rings. The molecule has 108 valence electrons. The molecule has 0 aliphatic carbocycles. The van der Waals surface area contributed by atoms with Crippen molar-refractivity contribution in [3.8, 4) is 0 Å². The molecule has 0 amide bonds. The van der Waals surface area contributed by atoms with Crippen LogP contribution in [-0.4, -0.2) is 5.67 Å². The molecule has 0 saturated heterocycles. The van der Waals surface area contributed by atoms with Gasteiger partial charge in [-0.15, -0.1) is 6.58 Å². The lowest BCUT2D eigenvalue weighted by molar-refractivity contribution is 0.122. The maximum Gasteiger partial charge on any atom is 0.110 e. The van der Waals surface area contributed by atoms with Crippen LogP contribution in [0.3, 0.4) is 0 Å². The highest BCUT2D eigenvalue weighted by Crippen LogP contribution is 2.30. The van der Waals surface area contributed by atoms with Crippen molar-refractivity contribution in [2.75, 3.05) is 0 Å². The minimum Gasteiger partial charge on any atom is -0.244 e. The fourth-order valence-corrected chi connectivity index (χ4v) is 2.39. The van der Waals surface area contributed by atoms with Crippen LogP contribution in [0.4, 0.5) is 4.39 Å². The molecule has 0 aliphatic heterocycles. The second-order valence-corrected chi connectivity index (χ2v) is 5.83. The number of unbranched alkanes of at least 4 members (excludes halogenated alkanes) is 5. The summed E-state index contributed by atoms with van der Waals surface area (Å²) in [5, 5.41) is 0. The van der Waals surface area contributed by atoms with E-state index in [1.807, 2.05) is 6.92 Å². The minimum atomic E-state index is -0.892. The molecule has 0 N–H and O–H groups in total. The monoisotopic (exact) mass is 256 g/mol. The van der Waals surface area contributed by atoms with E-state index in [1.54, 1.807) is 0 Å². The molecule has 0 fully saturated rings. The first-order valence-electron chi connectivity index (χ1n) is 7.87. The largest absolute Gasteiger partial charge is 0.244 e. The molecule has 18 heavy (non-hydrogen) atoms. The highest BCUT2D eigenvalue weighted by Gasteiger charge is 2.25. The summed E-state index contributed by atoms with van der Waals surface area (Å²) in [6.07, 6.45) is 11.4. The number of allylic oxidation sites excluding steroid dienone is 1. The van der Waals surface area contributed by atoms with Crippen LogP contribution in [0.1, 0.15) is 91.4 Å². The quantitative estimate of drug-likeness (QED) is 0.272. The molecule has 0 bridgehead atoms. The summed E-state index contributed by atoms with van der Waals surface area (Å²) in [5.41, 5.74) is 0.355. The molecule has 0 aromatic heterocycles. The van der Waals surface area contributed by atoms with Gasteiger partial charge >= 0.3 is 0 Å². The van der Waals surface area contributed by atoms with Crippen molar-refractivity contribution in [1.29, 1.82) is 0 Å². The fraction of sp³-hybridized carbons (Fsp3) is 0.882. The first-order chi connectivity index (χ1) is 8.54. The van der Waals surface area contributed by atoms with E-state index in [4.69, 9.17) is 0 Å². The van der Waals surface area contributed by atoms with E-state index >= 15 is 0 Å². The Morgan fingerprint density at radius 3 is 1.94 bits per heavy atom. The van der Waals surface area contributed by atoms with Gasteiger partial charge in [0, 0.05) is 0 Å². The lowest BCUT2D eigenvalue weighted by Crippen LogP contribution is -2.21. The van der Waals surface area contributed by atoms with Gasteiger partial charge in [0.25, 0.3) is 0 Å². The van der Waals surface area contributed by atoms with Crippen molar-refractivity contribution in [1.82, 2.24) is 0 Å². The standard InChI is InChI=1S/C17H33F/c1-5-7-8-11-14-17(18,6-2)15-12-9-10-13-16(3)4/h3,5-15H2,1-2,4H3. The van der Waals surface area contributed by atoms with Crippen LogP contribution in [0.25, 0.3) is 0 Å². The molecule has 0 saturated carbocycles. The second kappa shape index (κ2) is 10.6. The van der Waals surface area contributed by atoms with Crippen molar-refractivity contribution in [2.24, 2.45) is 0 Å². The Balaban J connectivity index is 3.68. The predicted molar refractivity (Wildman–Crippen MR) is 80.8 cm³/mol. The highest BCUT2D eigenvalue weighted by atomic mass is 19.1. The van der Waals surface area contributed by atoms with Gasteiger partial charge in [0.2, 0.25) is 0 Å². The zero-order valence-electron chi connectivity index (χ0n) is 12.9. The number of alkyl halides is 1. The third-order valence-electron chi connectivity index (χ3n) is 3.84. The number of rotatable bonds is 12. The molecular formula is C17H33F. The number of halogens is 1. The van der Waals surface area contributed by atoms with Crippen LogP contribution in [0.2, 0.25) is 0 Å². The lowest BCUT2D eigenvalue weighted by Gasteiger charge is -2.24. The molecular weight excluding hydrogens is 223 g/mol. The highest BCUT2D eigenvalue weighted by molar-refractivity contribution is 4.87. The first-order valence-corrected chi connectivity index (χ1v) is 7.87. The number of hydrogen-bond donors (Lipinski definition) is 0. The van der Waals surface area contributed by atoms with Gasteiger partial charge in [-0.05, 0) is 39.0 Å². The Morgan fingerprint density at radius 2 is 1.50 bits per heavy atom. The molecule has 1 unspecified atom stereocenters. The van der Waals surface area contributed by atoms with Crippen molar-refractivity contribution < 1.29 is 4.39 Å². The van der Waals surface area contributed by atoms with Crippen LogP contribution in [0.15, 0.2) is 12.2 Å². The molecule has 1 atom stereocenters. The van der Waals surface area contributed by atoms with Gasteiger partial charge in [0.15, 0.2) is 0 Å². The van der Waals surface area contributed by atoms with Gasteiger partial charge in [0.1, 0.15) is 5.67 Å².